The number of carbonyl (C=O) groups is 1. The molecule has 0 amide bonds. The topological polar surface area (TPSA) is 43.1 Å². The maximum Gasteiger partial charge on any atom is 0.152 e. The van der Waals surface area contributed by atoms with E-state index in [9.17, 15) is 4.79 Å². The molecule has 0 N–H and O–H groups in total. The summed E-state index contributed by atoms with van der Waals surface area (Å²) in [6.07, 6.45) is 0.308. The van der Waals surface area contributed by atoms with Crippen LogP contribution in [0.2, 0.25) is 0 Å². The van der Waals surface area contributed by atoms with Gasteiger partial charge in [0.15, 0.2) is 5.76 Å². The van der Waals surface area contributed by atoms with Gasteiger partial charge in [0, 0.05) is 11.5 Å². The Hall–Kier alpha value is -1.90. The molecular formula is C15H17NO2. The molecule has 2 aromatic rings. The van der Waals surface area contributed by atoms with Crippen LogP contribution in [0.5, 0.6) is 0 Å². The molecule has 0 fully saturated rings. The van der Waals surface area contributed by atoms with E-state index in [0.717, 1.165) is 16.8 Å². The maximum absolute atomic E-state index is 11.8. The van der Waals surface area contributed by atoms with Gasteiger partial charge in [-0.2, -0.15) is 0 Å². The molecule has 3 nitrogen and oxygen atoms in total. The zero-order chi connectivity index (χ0) is 13.1. The summed E-state index contributed by atoms with van der Waals surface area (Å²) in [4.78, 5) is 11.8. The first-order valence-electron chi connectivity index (χ1n) is 6.13. The van der Waals surface area contributed by atoms with E-state index < -0.39 is 0 Å². The van der Waals surface area contributed by atoms with Crippen LogP contribution in [0.15, 0.2) is 34.9 Å². The van der Waals surface area contributed by atoms with Crippen molar-refractivity contribution in [2.45, 2.75) is 27.2 Å². The highest BCUT2D eigenvalue weighted by Gasteiger charge is 2.19. The molecule has 0 aliphatic rings. The number of benzene rings is 1. The lowest BCUT2D eigenvalue weighted by Crippen LogP contribution is -2.10. The van der Waals surface area contributed by atoms with Crippen molar-refractivity contribution in [3.05, 3.63) is 41.8 Å². The normalized spacial score (nSPS) is 10.9. The van der Waals surface area contributed by atoms with Crippen molar-refractivity contribution in [3.8, 4) is 11.1 Å². The first-order chi connectivity index (χ1) is 8.59. The van der Waals surface area contributed by atoms with Gasteiger partial charge in [-0.25, -0.2) is 0 Å². The van der Waals surface area contributed by atoms with Gasteiger partial charge >= 0.3 is 0 Å². The number of Topliss-reactive ketones (excluding diaryl/α,β-unsaturated/α-hetero) is 1. The minimum atomic E-state index is 0.0130. The average molecular weight is 243 g/mol. The summed E-state index contributed by atoms with van der Waals surface area (Å²) in [6.45, 7) is 5.69. The van der Waals surface area contributed by atoms with Crippen LogP contribution in [-0.2, 0) is 11.2 Å². The van der Waals surface area contributed by atoms with E-state index >= 15 is 0 Å². The van der Waals surface area contributed by atoms with Crippen LogP contribution in [0.4, 0.5) is 0 Å². The second-order valence-corrected chi connectivity index (χ2v) is 4.73. The molecule has 2 rings (SSSR count). The van der Waals surface area contributed by atoms with E-state index in [2.05, 4.69) is 5.16 Å². The summed E-state index contributed by atoms with van der Waals surface area (Å²) in [5.41, 5.74) is 2.82. The van der Waals surface area contributed by atoms with Crippen molar-refractivity contribution >= 4 is 5.78 Å². The second kappa shape index (κ2) is 5.17. The van der Waals surface area contributed by atoms with Crippen molar-refractivity contribution in [2.24, 2.45) is 5.92 Å². The molecule has 0 aliphatic carbocycles. The molecule has 1 aromatic carbocycles. The van der Waals surface area contributed by atoms with Crippen molar-refractivity contribution in [3.63, 3.8) is 0 Å². The van der Waals surface area contributed by atoms with Gasteiger partial charge in [-0.05, 0) is 12.5 Å². The predicted octanol–water partition coefficient (Wildman–Crippen LogP) is 3.42. The Kier molecular flexibility index (Phi) is 3.60. The van der Waals surface area contributed by atoms with Crippen LogP contribution in [0.1, 0.15) is 25.3 Å². The quantitative estimate of drug-likeness (QED) is 0.826. The summed E-state index contributed by atoms with van der Waals surface area (Å²) < 4.78 is 5.30. The monoisotopic (exact) mass is 243 g/mol. The van der Waals surface area contributed by atoms with E-state index in [1.807, 2.05) is 51.1 Å². The van der Waals surface area contributed by atoms with Crippen LogP contribution in [-0.4, -0.2) is 10.9 Å². The SMILES string of the molecule is Cc1noc(CC(=O)C(C)C)c1-c1ccccc1. The van der Waals surface area contributed by atoms with E-state index in [-0.39, 0.29) is 11.7 Å². The third-order valence-corrected chi connectivity index (χ3v) is 2.97. The molecule has 0 saturated carbocycles. The molecule has 0 atom stereocenters. The van der Waals surface area contributed by atoms with Gasteiger partial charge in [-0.3, -0.25) is 4.79 Å². The number of aromatic nitrogens is 1. The third kappa shape index (κ3) is 2.50. The van der Waals surface area contributed by atoms with Crippen molar-refractivity contribution in [1.29, 1.82) is 0 Å². The Bertz CT molecular complexity index is 541. The minimum absolute atomic E-state index is 0.0130. The smallest absolute Gasteiger partial charge is 0.152 e. The number of carbonyl (C=O) groups excluding carboxylic acids is 1. The molecule has 0 aliphatic heterocycles. The zero-order valence-electron chi connectivity index (χ0n) is 10.9. The molecule has 94 valence electrons. The Morgan fingerprint density at radius 2 is 1.94 bits per heavy atom. The Morgan fingerprint density at radius 1 is 1.28 bits per heavy atom. The first-order valence-corrected chi connectivity index (χ1v) is 6.13. The molecule has 0 spiro atoms. The standard InChI is InChI=1S/C15H17NO2/c1-10(2)13(17)9-14-15(11(3)16-18-14)12-7-5-4-6-8-12/h4-8,10H,9H2,1-3H3. The number of ketones is 1. The second-order valence-electron chi connectivity index (χ2n) is 4.73. The van der Waals surface area contributed by atoms with Crippen LogP contribution in [0.25, 0.3) is 11.1 Å². The molecule has 0 radical (unpaired) electrons. The van der Waals surface area contributed by atoms with Gasteiger partial charge < -0.3 is 4.52 Å². The van der Waals surface area contributed by atoms with Crippen molar-refractivity contribution in [1.82, 2.24) is 5.16 Å². The molecule has 1 aromatic heterocycles. The van der Waals surface area contributed by atoms with E-state index in [1.165, 1.54) is 0 Å². The molecule has 0 saturated heterocycles. The lowest BCUT2D eigenvalue weighted by atomic mass is 9.98. The highest BCUT2D eigenvalue weighted by atomic mass is 16.5. The largest absolute Gasteiger partial charge is 0.360 e. The number of aryl methyl sites for hydroxylation is 1. The Balaban J connectivity index is 2.37. The van der Waals surface area contributed by atoms with Crippen LogP contribution >= 0.6 is 0 Å². The fraction of sp³-hybridized carbons (Fsp3) is 0.333. The van der Waals surface area contributed by atoms with Gasteiger partial charge in [-0.15, -0.1) is 0 Å². The predicted molar refractivity (Wildman–Crippen MR) is 70.2 cm³/mol. The van der Waals surface area contributed by atoms with Crippen LogP contribution in [0.3, 0.4) is 0 Å². The summed E-state index contributed by atoms with van der Waals surface area (Å²) >= 11 is 0. The van der Waals surface area contributed by atoms with Gasteiger partial charge in [-0.1, -0.05) is 49.3 Å². The fourth-order valence-corrected chi connectivity index (χ4v) is 1.87. The van der Waals surface area contributed by atoms with E-state index in [4.69, 9.17) is 4.52 Å². The number of rotatable bonds is 4. The molecular weight excluding hydrogens is 226 g/mol. The molecule has 0 bridgehead atoms. The maximum atomic E-state index is 11.8. The Labute approximate surface area is 107 Å². The van der Waals surface area contributed by atoms with Crippen molar-refractivity contribution < 1.29 is 9.32 Å². The van der Waals surface area contributed by atoms with Crippen molar-refractivity contribution in [2.75, 3.05) is 0 Å². The summed E-state index contributed by atoms with van der Waals surface area (Å²) in [5.74, 6) is 0.847. The average Bonchev–Trinajstić information content (AvgIpc) is 2.71. The summed E-state index contributed by atoms with van der Waals surface area (Å²) in [7, 11) is 0. The van der Waals surface area contributed by atoms with Gasteiger partial charge in [0.2, 0.25) is 0 Å². The zero-order valence-corrected chi connectivity index (χ0v) is 10.9. The molecule has 3 heteroatoms. The Morgan fingerprint density at radius 3 is 2.56 bits per heavy atom. The van der Waals surface area contributed by atoms with Gasteiger partial charge in [0.05, 0.1) is 12.1 Å². The van der Waals surface area contributed by atoms with E-state index in [1.54, 1.807) is 0 Å². The number of hydrogen-bond acceptors (Lipinski definition) is 3. The molecule has 18 heavy (non-hydrogen) atoms. The van der Waals surface area contributed by atoms with E-state index in [0.29, 0.717) is 12.2 Å². The van der Waals surface area contributed by atoms with Gasteiger partial charge in [0.1, 0.15) is 5.78 Å². The van der Waals surface area contributed by atoms with Crippen LogP contribution in [0, 0.1) is 12.8 Å². The highest BCUT2D eigenvalue weighted by molar-refractivity contribution is 5.84. The summed E-state index contributed by atoms with van der Waals surface area (Å²) in [5, 5.41) is 3.98. The third-order valence-electron chi connectivity index (χ3n) is 2.97. The lowest BCUT2D eigenvalue weighted by molar-refractivity contribution is -0.121. The number of nitrogens with zero attached hydrogens (tertiary/aromatic N) is 1. The number of hydrogen-bond donors (Lipinski definition) is 0. The fourth-order valence-electron chi connectivity index (χ4n) is 1.87. The van der Waals surface area contributed by atoms with Gasteiger partial charge in [0.25, 0.3) is 0 Å². The molecule has 0 unspecified atom stereocenters. The lowest BCUT2D eigenvalue weighted by Gasteiger charge is -2.04. The first kappa shape index (κ1) is 12.6. The highest BCUT2D eigenvalue weighted by Crippen LogP contribution is 2.27. The molecule has 1 heterocycles. The minimum Gasteiger partial charge on any atom is -0.360 e. The van der Waals surface area contributed by atoms with Crippen LogP contribution < -0.4 is 0 Å². The summed E-state index contributed by atoms with van der Waals surface area (Å²) in [6, 6.07) is 9.91.